The number of benzene rings is 2. The maximum Gasteiger partial charge on any atom is 0.330 e. The Kier molecular flexibility index (Phi) is 4.98. The van der Waals surface area contributed by atoms with Crippen LogP contribution < -0.4 is 5.32 Å². The molecule has 0 spiro atoms. The van der Waals surface area contributed by atoms with E-state index in [1.165, 1.54) is 6.07 Å². The normalized spacial score (nSPS) is 11.7. The van der Waals surface area contributed by atoms with Gasteiger partial charge in [-0.05, 0) is 39.7 Å². The SMILES string of the molecule is O=C(NC(C(=O)O)c1ccccc1)c1ccc(Cl)c(Br)c1. The van der Waals surface area contributed by atoms with Crippen molar-refractivity contribution in [2.45, 2.75) is 6.04 Å². The first-order valence-electron chi connectivity index (χ1n) is 6.02. The number of aliphatic carboxylic acids is 1. The van der Waals surface area contributed by atoms with Crippen LogP contribution in [0, 0.1) is 0 Å². The molecular weight excluding hydrogens is 358 g/mol. The van der Waals surface area contributed by atoms with Crippen LogP contribution in [0.3, 0.4) is 0 Å². The molecule has 2 aromatic carbocycles. The van der Waals surface area contributed by atoms with Crippen LogP contribution >= 0.6 is 27.5 Å². The van der Waals surface area contributed by atoms with Gasteiger partial charge in [0.25, 0.3) is 5.91 Å². The summed E-state index contributed by atoms with van der Waals surface area (Å²) in [6, 6.07) is 12.1. The second-order valence-corrected chi connectivity index (χ2v) is 5.55. The molecule has 1 atom stereocenters. The molecule has 2 N–H and O–H groups in total. The summed E-state index contributed by atoms with van der Waals surface area (Å²) < 4.78 is 0.573. The molecule has 0 radical (unpaired) electrons. The molecule has 108 valence electrons. The Morgan fingerprint density at radius 1 is 1.14 bits per heavy atom. The van der Waals surface area contributed by atoms with E-state index in [9.17, 15) is 14.7 Å². The molecule has 0 bridgehead atoms. The van der Waals surface area contributed by atoms with Crippen molar-refractivity contribution in [1.82, 2.24) is 5.32 Å². The van der Waals surface area contributed by atoms with Crippen molar-refractivity contribution in [1.29, 1.82) is 0 Å². The number of halogens is 2. The van der Waals surface area contributed by atoms with E-state index in [4.69, 9.17) is 11.6 Å². The van der Waals surface area contributed by atoms with E-state index in [1.807, 2.05) is 0 Å². The molecule has 0 aromatic heterocycles. The summed E-state index contributed by atoms with van der Waals surface area (Å²) in [6.07, 6.45) is 0. The number of carboxylic acids is 1. The summed E-state index contributed by atoms with van der Waals surface area (Å²) in [6.45, 7) is 0. The molecule has 0 fully saturated rings. The van der Waals surface area contributed by atoms with Gasteiger partial charge in [0.1, 0.15) is 0 Å². The van der Waals surface area contributed by atoms with E-state index >= 15 is 0 Å². The van der Waals surface area contributed by atoms with Gasteiger partial charge in [0.05, 0.1) is 5.02 Å². The highest BCUT2D eigenvalue weighted by atomic mass is 79.9. The predicted molar refractivity (Wildman–Crippen MR) is 83.4 cm³/mol. The standard InChI is InChI=1S/C15H11BrClNO3/c16-11-8-10(6-7-12(11)17)14(19)18-13(15(20)21)9-4-2-1-3-5-9/h1-8,13H,(H,18,19)(H,20,21). The molecule has 0 saturated heterocycles. The van der Waals surface area contributed by atoms with E-state index < -0.39 is 17.9 Å². The third-order valence-corrected chi connectivity index (χ3v) is 4.05. The molecule has 0 aliphatic heterocycles. The van der Waals surface area contributed by atoms with E-state index in [2.05, 4.69) is 21.2 Å². The summed E-state index contributed by atoms with van der Waals surface area (Å²) in [5.41, 5.74) is 0.833. The molecule has 2 rings (SSSR count). The van der Waals surface area contributed by atoms with Crippen LogP contribution in [0.15, 0.2) is 53.0 Å². The molecular formula is C15H11BrClNO3. The first kappa shape index (κ1) is 15.5. The smallest absolute Gasteiger partial charge is 0.330 e. The fraction of sp³-hybridized carbons (Fsp3) is 0.0667. The summed E-state index contributed by atoms with van der Waals surface area (Å²) in [5, 5.41) is 12.2. The first-order valence-corrected chi connectivity index (χ1v) is 7.20. The summed E-state index contributed by atoms with van der Waals surface area (Å²) in [5.74, 6) is -1.61. The number of rotatable bonds is 4. The molecule has 0 aliphatic carbocycles. The molecule has 4 nitrogen and oxygen atoms in total. The largest absolute Gasteiger partial charge is 0.479 e. The predicted octanol–water partition coefficient (Wildman–Crippen LogP) is 3.66. The first-order chi connectivity index (χ1) is 9.99. The van der Waals surface area contributed by atoms with Crippen molar-refractivity contribution in [3.8, 4) is 0 Å². The second-order valence-electron chi connectivity index (χ2n) is 4.28. The van der Waals surface area contributed by atoms with Gasteiger partial charge in [0.2, 0.25) is 0 Å². The zero-order chi connectivity index (χ0) is 15.4. The van der Waals surface area contributed by atoms with E-state index in [-0.39, 0.29) is 0 Å². The molecule has 1 unspecified atom stereocenters. The Labute approximate surface area is 134 Å². The number of hydrogen-bond donors (Lipinski definition) is 2. The van der Waals surface area contributed by atoms with Gasteiger partial charge in [-0.2, -0.15) is 0 Å². The minimum absolute atomic E-state index is 0.327. The Hall–Kier alpha value is -1.85. The molecule has 0 heterocycles. The van der Waals surface area contributed by atoms with Gasteiger partial charge in [0, 0.05) is 10.0 Å². The van der Waals surface area contributed by atoms with Crippen LogP contribution in [-0.4, -0.2) is 17.0 Å². The van der Waals surface area contributed by atoms with Crippen LogP contribution in [0.25, 0.3) is 0 Å². The number of carbonyl (C=O) groups excluding carboxylic acids is 1. The van der Waals surface area contributed by atoms with Gasteiger partial charge < -0.3 is 10.4 Å². The third kappa shape index (κ3) is 3.83. The minimum atomic E-state index is -1.12. The van der Waals surface area contributed by atoms with Crippen LogP contribution in [0.5, 0.6) is 0 Å². The lowest BCUT2D eigenvalue weighted by Crippen LogP contribution is -2.33. The lowest BCUT2D eigenvalue weighted by molar-refractivity contribution is -0.139. The second kappa shape index (κ2) is 6.74. The summed E-state index contributed by atoms with van der Waals surface area (Å²) in [4.78, 5) is 23.5. The Morgan fingerprint density at radius 2 is 1.81 bits per heavy atom. The summed E-state index contributed by atoms with van der Waals surface area (Å²) >= 11 is 9.09. The van der Waals surface area contributed by atoms with Crippen LogP contribution in [0.1, 0.15) is 22.0 Å². The zero-order valence-electron chi connectivity index (χ0n) is 10.7. The maximum atomic E-state index is 12.2. The highest BCUT2D eigenvalue weighted by Gasteiger charge is 2.22. The van der Waals surface area contributed by atoms with Gasteiger partial charge in [-0.3, -0.25) is 4.79 Å². The average Bonchev–Trinajstić information content (AvgIpc) is 2.48. The fourth-order valence-corrected chi connectivity index (χ4v) is 2.28. The molecule has 0 aliphatic rings. The van der Waals surface area contributed by atoms with Crippen molar-refractivity contribution in [3.05, 3.63) is 69.2 Å². The van der Waals surface area contributed by atoms with E-state index in [1.54, 1.807) is 42.5 Å². The highest BCUT2D eigenvalue weighted by molar-refractivity contribution is 9.10. The van der Waals surface area contributed by atoms with E-state index in [0.29, 0.717) is 20.6 Å². The zero-order valence-corrected chi connectivity index (χ0v) is 13.1. The molecule has 6 heteroatoms. The molecule has 0 saturated carbocycles. The maximum absolute atomic E-state index is 12.2. The Bertz CT molecular complexity index is 676. The van der Waals surface area contributed by atoms with Gasteiger partial charge >= 0.3 is 5.97 Å². The van der Waals surface area contributed by atoms with Crippen LogP contribution in [0.2, 0.25) is 5.02 Å². The molecule has 21 heavy (non-hydrogen) atoms. The number of nitrogens with one attached hydrogen (secondary N) is 1. The quantitative estimate of drug-likeness (QED) is 0.865. The number of carboxylic acid groups (broad SMARTS) is 1. The number of carbonyl (C=O) groups is 2. The minimum Gasteiger partial charge on any atom is -0.479 e. The van der Waals surface area contributed by atoms with E-state index in [0.717, 1.165) is 0 Å². The third-order valence-electron chi connectivity index (χ3n) is 2.84. The lowest BCUT2D eigenvalue weighted by Gasteiger charge is -2.15. The van der Waals surface area contributed by atoms with Crippen molar-refractivity contribution in [3.63, 3.8) is 0 Å². The van der Waals surface area contributed by atoms with Gasteiger partial charge in [0.15, 0.2) is 6.04 Å². The Morgan fingerprint density at radius 3 is 2.38 bits per heavy atom. The van der Waals surface area contributed by atoms with Crippen LogP contribution in [-0.2, 0) is 4.79 Å². The van der Waals surface area contributed by atoms with Crippen LogP contribution in [0.4, 0.5) is 0 Å². The van der Waals surface area contributed by atoms with Gasteiger partial charge in [-0.1, -0.05) is 41.9 Å². The van der Waals surface area contributed by atoms with Crippen molar-refractivity contribution >= 4 is 39.4 Å². The molecule has 1 amide bonds. The molecule has 2 aromatic rings. The number of hydrogen-bond acceptors (Lipinski definition) is 2. The van der Waals surface area contributed by atoms with Crippen molar-refractivity contribution in [2.75, 3.05) is 0 Å². The lowest BCUT2D eigenvalue weighted by atomic mass is 10.1. The topological polar surface area (TPSA) is 66.4 Å². The Balaban J connectivity index is 2.23. The highest BCUT2D eigenvalue weighted by Crippen LogP contribution is 2.23. The van der Waals surface area contributed by atoms with Gasteiger partial charge in [-0.25, -0.2) is 4.79 Å². The fourth-order valence-electron chi connectivity index (χ4n) is 1.78. The van der Waals surface area contributed by atoms with Gasteiger partial charge in [-0.15, -0.1) is 0 Å². The van der Waals surface area contributed by atoms with Crippen molar-refractivity contribution < 1.29 is 14.7 Å². The van der Waals surface area contributed by atoms with Crippen molar-refractivity contribution in [2.24, 2.45) is 0 Å². The monoisotopic (exact) mass is 367 g/mol. The average molecular weight is 369 g/mol. The summed E-state index contributed by atoms with van der Waals surface area (Å²) in [7, 11) is 0. The number of amides is 1.